The Labute approximate surface area is 103 Å². The van der Waals surface area contributed by atoms with Crippen molar-refractivity contribution in [1.82, 2.24) is 0 Å². The smallest absolute Gasteiger partial charge is 0.310 e. The van der Waals surface area contributed by atoms with E-state index < -0.39 is 10.9 Å². The summed E-state index contributed by atoms with van der Waals surface area (Å²) in [6, 6.07) is 2.98. The third kappa shape index (κ3) is 3.42. The van der Waals surface area contributed by atoms with Gasteiger partial charge < -0.3 is 4.74 Å². The van der Waals surface area contributed by atoms with Gasteiger partial charge in [-0.1, -0.05) is 11.6 Å². The van der Waals surface area contributed by atoms with E-state index >= 15 is 0 Å². The number of nitro groups is 1. The van der Waals surface area contributed by atoms with Gasteiger partial charge in [-0.2, -0.15) is 0 Å². The molecular formula is C11H12ClNO4. The summed E-state index contributed by atoms with van der Waals surface area (Å²) in [6.45, 7) is 3.60. The maximum atomic E-state index is 11.3. The van der Waals surface area contributed by atoms with Crippen LogP contribution in [0.4, 0.5) is 5.69 Å². The molecule has 1 aromatic rings. The summed E-state index contributed by atoms with van der Waals surface area (Å²) in [5.41, 5.74) is 0.720. The molecule has 0 aliphatic heterocycles. The van der Waals surface area contributed by atoms with Gasteiger partial charge in [0.25, 0.3) is 5.69 Å². The van der Waals surface area contributed by atoms with E-state index in [1.54, 1.807) is 19.9 Å². The van der Waals surface area contributed by atoms with Crippen molar-refractivity contribution in [3.63, 3.8) is 0 Å². The highest BCUT2D eigenvalue weighted by Crippen LogP contribution is 2.28. The summed E-state index contributed by atoms with van der Waals surface area (Å²) in [5.74, 6) is -0.527. The van der Waals surface area contributed by atoms with E-state index in [4.69, 9.17) is 16.3 Å². The molecule has 92 valence electrons. The second-order valence-electron chi connectivity index (χ2n) is 3.48. The predicted molar refractivity (Wildman–Crippen MR) is 63.2 cm³/mol. The van der Waals surface area contributed by atoms with E-state index in [0.717, 1.165) is 0 Å². The van der Waals surface area contributed by atoms with Crippen LogP contribution in [0.5, 0.6) is 0 Å². The summed E-state index contributed by atoms with van der Waals surface area (Å²) < 4.78 is 4.75. The molecule has 0 bridgehead atoms. The molecule has 0 aliphatic carbocycles. The molecule has 0 saturated carbocycles. The highest BCUT2D eigenvalue weighted by molar-refractivity contribution is 6.32. The van der Waals surface area contributed by atoms with Crippen molar-refractivity contribution >= 4 is 23.3 Å². The third-order valence-electron chi connectivity index (χ3n) is 2.14. The molecule has 0 N–H and O–H groups in total. The van der Waals surface area contributed by atoms with E-state index in [-0.39, 0.29) is 29.3 Å². The van der Waals surface area contributed by atoms with Gasteiger partial charge in [0.1, 0.15) is 0 Å². The van der Waals surface area contributed by atoms with Crippen LogP contribution in [0, 0.1) is 17.0 Å². The minimum Gasteiger partial charge on any atom is -0.466 e. The van der Waals surface area contributed by atoms with Crippen LogP contribution in [0.15, 0.2) is 12.1 Å². The minimum atomic E-state index is -0.548. The van der Waals surface area contributed by atoms with Crippen LogP contribution in [0.2, 0.25) is 5.02 Å². The second-order valence-corrected chi connectivity index (χ2v) is 3.89. The van der Waals surface area contributed by atoms with Crippen LogP contribution in [-0.4, -0.2) is 17.5 Å². The number of hydrogen-bond acceptors (Lipinski definition) is 4. The molecule has 0 radical (unpaired) electrons. The molecule has 0 amide bonds. The maximum Gasteiger partial charge on any atom is 0.310 e. The molecule has 0 fully saturated rings. The number of nitrogens with zero attached hydrogens (tertiary/aromatic N) is 1. The van der Waals surface area contributed by atoms with E-state index in [0.29, 0.717) is 5.56 Å². The zero-order chi connectivity index (χ0) is 13.0. The standard InChI is InChI=1S/C11H12ClNO4/c1-3-17-11(14)6-8-9(12)4-7(2)5-10(8)13(15)16/h4-5H,3,6H2,1-2H3. The molecule has 5 nitrogen and oxygen atoms in total. The summed E-state index contributed by atoms with van der Waals surface area (Å²) in [7, 11) is 0. The molecule has 0 heterocycles. The van der Waals surface area contributed by atoms with E-state index in [2.05, 4.69) is 0 Å². The van der Waals surface area contributed by atoms with Crippen LogP contribution in [-0.2, 0) is 16.0 Å². The molecule has 0 saturated heterocycles. The van der Waals surface area contributed by atoms with Crippen molar-refractivity contribution in [2.75, 3.05) is 6.61 Å². The lowest BCUT2D eigenvalue weighted by Crippen LogP contribution is -2.10. The maximum absolute atomic E-state index is 11.3. The van der Waals surface area contributed by atoms with Crippen molar-refractivity contribution in [3.8, 4) is 0 Å². The fraction of sp³-hybridized carbons (Fsp3) is 0.364. The first-order valence-electron chi connectivity index (χ1n) is 5.04. The van der Waals surface area contributed by atoms with Crippen molar-refractivity contribution in [2.24, 2.45) is 0 Å². The second kappa shape index (κ2) is 5.63. The van der Waals surface area contributed by atoms with Gasteiger partial charge in [-0.3, -0.25) is 14.9 Å². The van der Waals surface area contributed by atoms with Crippen LogP contribution in [0.25, 0.3) is 0 Å². The Hall–Kier alpha value is -1.62. The first-order chi connectivity index (χ1) is 7.95. The molecule has 0 aromatic heterocycles. The summed E-state index contributed by atoms with van der Waals surface area (Å²) in [4.78, 5) is 21.6. The molecule has 1 rings (SSSR count). The Morgan fingerprint density at radius 3 is 2.71 bits per heavy atom. The SMILES string of the molecule is CCOC(=O)Cc1c(Cl)cc(C)cc1[N+](=O)[O-]. The van der Waals surface area contributed by atoms with Gasteiger partial charge in [-0.05, 0) is 25.5 Å². The van der Waals surface area contributed by atoms with Gasteiger partial charge >= 0.3 is 5.97 Å². The number of carbonyl (C=O) groups excluding carboxylic acids is 1. The number of nitro benzene ring substituents is 1. The number of ether oxygens (including phenoxy) is 1. The Morgan fingerprint density at radius 1 is 1.53 bits per heavy atom. The topological polar surface area (TPSA) is 69.4 Å². The Kier molecular flexibility index (Phi) is 4.45. The molecule has 17 heavy (non-hydrogen) atoms. The fourth-order valence-electron chi connectivity index (χ4n) is 1.45. The van der Waals surface area contributed by atoms with Gasteiger partial charge in [-0.15, -0.1) is 0 Å². The van der Waals surface area contributed by atoms with Crippen molar-refractivity contribution in [2.45, 2.75) is 20.3 Å². The number of benzene rings is 1. The van der Waals surface area contributed by atoms with Gasteiger partial charge in [0.2, 0.25) is 0 Å². The van der Waals surface area contributed by atoms with E-state index in [1.165, 1.54) is 6.07 Å². The predicted octanol–water partition coefficient (Wildman–Crippen LogP) is 2.66. The molecule has 0 spiro atoms. The quantitative estimate of drug-likeness (QED) is 0.472. The summed E-state index contributed by atoms with van der Waals surface area (Å²) >= 11 is 5.91. The number of hydrogen-bond donors (Lipinski definition) is 0. The molecule has 1 aromatic carbocycles. The zero-order valence-corrected chi connectivity index (χ0v) is 10.3. The van der Waals surface area contributed by atoms with Crippen LogP contribution in [0.1, 0.15) is 18.1 Å². The van der Waals surface area contributed by atoms with Gasteiger partial charge in [0, 0.05) is 6.07 Å². The average molecular weight is 258 g/mol. The van der Waals surface area contributed by atoms with E-state index in [1.807, 2.05) is 0 Å². The van der Waals surface area contributed by atoms with Crippen LogP contribution in [0.3, 0.4) is 0 Å². The zero-order valence-electron chi connectivity index (χ0n) is 9.53. The normalized spacial score (nSPS) is 10.1. The van der Waals surface area contributed by atoms with E-state index in [9.17, 15) is 14.9 Å². The average Bonchev–Trinajstić information content (AvgIpc) is 2.21. The Balaban J connectivity index is 3.12. The molecule has 0 aliphatic rings. The number of aryl methyl sites for hydroxylation is 1. The number of rotatable bonds is 4. The van der Waals surface area contributed by atoms with Crippen molar-refractivity contribution in [1.29, 1.82) is 0 Å². The summed E-state index contributed by atoms with van der Waals surface area (Å²) in [6.07, 6.45) is -0.191. The highest BCUT2D eigenvalue weighted by Gasteiger charge is 2.20. The van der Waals surface area contributed by atoms with Crippen molar-refractivity contribution < 1.29 is 14.5 Å². The number of halogens is 1. The molecule has 0 unspecified atom stereocenters. The van der Waals surface area contributed by atoms with Gasteiger partial charge in [0.05, 0.1) is 28.5 Å². The van der Waals surface area contributed by atoms with Crippen LogP contribution < -0.4 is 0 Å². The molecule has 0 atom stereocenters. The summed E-state index contributed by atoms with van der Waals surface area (Å²) in [5, 5.41) is 11.1. The Bertz CT molecular complexity index is 459. The largest absolute Gasteiger partial charge is 0.466 e. The van der Waals surface area contributed by atoms with Gasteiger partial charge in [0.15, 0.2) is 0 Å². The first kappa shape index (κ1) is 13.4. The lowest BCUT2D eigenvalue weighted by molar-refractivity contribution is -0.385. The highest BCUT2D eigenvalue weighted by atomic mass is 35.5. The Morgan fingerprint density at radius 2 is 2.18 bits per heavy atom. The number of esters is 1. The third-order valence-corrected chi connectivity index (χ3v) is 2.48. The lowest BCUT2D eigenvalue weighted by Gasteiger charge is -2.06. The number of carbonyl (C=O) groups is 1. The van der Waals surface area contributed by atoms with Crippen molar-refractivity contribution in [3.05, 3.63) is 38.4 Å². The van der Waals surface area contributed by atoms with Gasteiger partial charge in [-0.25, -0.2) is 0 Å². The minimum absolute atomic E-state index is 0.150. The first-order valence-corrected chi connectivity index (χ1v) is 5.42. The lowest BCUT2D eigenvalue weighted by atomic mass is 10.1. The monoisotopic (exact) mass is 257 g/mol. The fourth-order valence-corrected chi connectivity index (χ4v) is 1.78. The van der Waals surface area contributed by atoms with Crippen LogP contribution >= 0.6 is 11.6 Å². The molecule has 6 heteroatoms. The molecular weight excluding hydrogens is 246 g/mol.